The number of thiazole rings is 1. The zero-order valence-corrected chi connectivity index (χ0v) is 15.1. The maximum Gasteiger partial charge on any atom is 0.251 e. The molecular formula is C20H18N2O3S. The second-order valence-corrected chi connectivity index (χ2v) is 6.93. The second kappa shape index (κ2) is 7.17. The monoisotopic (exact) mass is 366 g/mol. The predicted molar refractivity (Wildman–Crippen MR) is 101 cm³/mol. The van der Waals surface area contributed by atoms with Gasteiger partial charge in [-0.2, -0.15) is 0 Å². The van der Waals surface area contributed by atoms with Crippen molar-refractivity contribution in [3.05, 3.63) is 64.7 Å². The van der Waals surface area contributed by atoms with E-state index in [0.717, 1.165) is 39.7 Å². The number of benzene rings is 2. The van der Waals surface area contributed by atoms with Gasteiger partial charge in [0.2, 0.25) is 6.79 Å². The van der Waals surface area contributed by atoms with Crippen LogP contribution < -0.4 is 14.8 Å². The SMILES string of the molecule is Cc1csc(-c2cccc(C(=O)NCCc3ccc4c(c3)OCO4)c2)n1. The summed E-state index contributed by atoms with van der Waals surface area (Å²) in [5.74, 6) is 1.45. The summed E-state index contributed by atoms with van der Waals surface area (Å²) in [6, 6.07) is 13.4. The molecule has 4 rings (SSSR count). The largest absolute Gasteiger partial charge is 0.454 e. The van der Waals surface area contributed by atoms with Gasteiger partial charge in [0.1, 0.15) is 5.01 Å². The third-order valence-electron chi connectivity index (χ3n) is 4.13. The van der Waals surface area contributed by atoms with Crippen LogP contribution in [0, 0.1) is 6.92 Å². The normalized spacial score (nSPS) is 12.2. The first-order chi connectivity index (χ1) is 12.7. The number of nitrogens with zero attached hydrogens (tertiary/aromatic N) is 1. The Kier molecular flexibility index (Phi) is 4.58. The lowest BCUT2D eigenvalue weighted by Crippen LogP contribution is -2.25. The van der Waals surface area contributed by atoms with Crippen molar-refractivity contribution >= 4 is 17.2 Å². The summed E-state index contributed by atoms with van der Waals surface area (Å²) in [6.07, 6.45) is 0.730. The predicted octanol–water partition coefficient (Wildman–Crippen LogP) is 3.82. The number of carbonyl (C=O) groups excluding carboxylic acids is 1. The molecule has 1 amide bonds. The molecule has 0 radical (unpaired) electrons. The van der Waals surface area contributed by atoms with E-state index in [1.807, 2.05) is 54.8 Å². The van der Waals surface area contributed by atoms with Crippen LogP contribution in [0.1, 0.15) is 21.6 Å². The third kappa shape index (κ3) is 3.55. The number of nitrogens with one attached hydrogen (secondary N) is 1. The smallest absolute Gasteiger partial charge is 0.251 e. The number of hydrogen-bond acceptors (Lipinski definition) is 5. The van der Waals surface area contributed by atoms with E-state index in [0.29, 0.717) is 12.1 Å². The molecule has 26 heavy (non-hydrogen) atoms. The van der Waals surface area contributed by atoms with Gasteiger partial charge in [-0.1, -0.05) is 18.2 Å². The summed E-state index contributed by atoms with van der Waals surface area (Å²) >= 11 is 1.58. The van der Waals surface area contributed by atoms with Crippen molar-refractivity contribution in [2.24, 2.45) is 0 Å². The van der Waals surface area contributed by atoms with Crippen molar-refractivity contribution < 1.29 is 14.3 Å². The molecule has 2 heterocycles. The van der Waals surface area contributed by atoms with Gasteiger partial charge in [-0.05, 0) is 43.2 Å². The summed E-state index contributed by atoms with van der Waals surface area (Å²) < 4.78 is 10.7. The number of hydrogen-bond donors (Lipinski definition) is 1. The highest BCUT2D eigenvalue weighted by atomic mass is 32.1. The van der Waals surface area contributed by atoms with E-state index in [-0.39, 0.29) is 12.7 Å². The zero-order valence-electron chi connectivity index (χ0n) is 14.3. The Balaban J connectivity index is 1.38. The molecule has 3 aromatic rings. The maximum absolute atomic E-state index is 12.4. The molecule has 5 nitrogen and oxygen atoms in total. The summed E-state index contributed by atoms with van der Waals surface area (Å²) in [7, 11) is 0. The third-order valence-corrected chi connectivity index (χ3v) is 5.14. The molecule has 0 bridgehead atoms. The lowest BCUT2D eigenvalue weighted by molar-refractivity contribution is 0.0954. The Bertz CT molecular complexity index is 952. The van der Waals surface area contributed by atoms with Crippen LogP contribution in [0.2, 0.25) is 0 Å². The fourth-order valence-corrected chi connectivity index (χ4v) is 3.59. The molecule has 0 fully saturated rings. The van der Waals surface area contributed by atoms with E-state index in [4.69, 9.17) is 9.47 Å². The molecule has 132 valence electrons. The zero-order chi connectivity index (χ0) is 17.9. The fourth-order valence-electron chi connectivity index (χ4n) is 2.80. The van der Waals surface area contributed by atoms with Gasteiger partial charge in [0, 0.05) is 28.7 Å². The minimum absolute atomic E-state index is 0.0825. The Hall–Kier alpha value is -2.86. The second-order valence-electron chi connectivity index (χ2n) is 6.07. The lowest BCUT2D eigenvalue weighted by atomic mass is 10.1. The van der Waals surface area contributed by atoms with Crippen LogP contribution in [0.4, 0.5) is 0 Å². The van der Waals surface area contributed by atoms with Crippen LogP contribution in [0.3, 0.4) is 0 Å². The Labute approximate surface area is 155 Å². The van der Waals surface area contributed by atoms with Gasteiger partial charge >= 0.3 is 0 Å². The van der Waals surface area contributed by atoms with E-state index in [1.165, 1.54) is 0 Å². The average Bonchev–Trinajstić information content (AvgIpc) is 3.30. The van der Waals surface area contributed by atoms with Crippen molar-refractivity contribution in [2.45, 2.75) is 13.3 Å². The summed E-state index contributed by atoms with van der Waals surface area (Å²) in [5, 5.41) is 5.91. The summed E-state index contributed by atoms with van der Waals surface area (Å²) in [4.78, 5) is 16.9. The molecule has 0 saturated heterocycles. The molecule has 0 saturated carbocycles. The number of aromatic nitrogens is 1. The highest BCUT2D eigenvalue weighted by Gasteiger charge is 2.13. The van der Waals surface area contributed by atoms with Gasteiger partial charge < -0.3 is 14.8 Å². The molecule has 1 aromatic heterocycles. The van der Waals surface area contributed by atoms with Crippen molar-refractivity contribution in [3.63, 3.8) is 0 Å². The Morgan fingerprint density at radius 3 is 2.92 bits per heavy atom. The highest BCUT2D eigenvalue weighted by Crippen LogP contribution is 2.32. The summed E-state index contributed by atoms with van der Waals surface area (Å²) in [5.41, 5.74) is 3.69. The number of ether oxygens (including phenoxy) is 2. The first kappa shape index (κ1) is 16.6. The number of aryl methyl sites for hydroxylation is 1. The summed E-state index contributed by atoms with van der Waals surface area (Å²) in [6.45, 7) is 2.79. The Morgan fingerprint density at radius 2 is 2.08 bits per heavy atom. The average molecular weight is 366 g/mol. The van der Waals surface area contributed by atoms with E-state index >= 15 is 0 Å². The first-order valence-electron chi connectivity index (χ1n) is 8.38. The van der Waals surface area contributed by atoms with E-state index in [9.17, 15) is 4.79 Å². The van der Waals surface area contributed by atoms with Crippen molar-refractivity contribution in [2.75, 3.05) is 13.3 Å². The molecule has 0 unspecified atom stereocenters. The number of carbonyl (C=O) groups is 1. The quantitative estimate of drug-likeness (QED) is 0.746. The van der Waals surface area contributed by atoms with Crippen LogP contribution in [0.15, 0.2) is 47.8 Å². The van der Waals surface area contributed by atoms with Crippen LogP contribution in [-0.4, -0.2) is 24.2 Å². The van der Waals surface area contributed by atoms with Crippen LogP contribution >= 0.6 is 11.3 Å². The van der Waals surface area contributed by atoms with Crippen molar-refractivity contribution in [1.29, 1.82) is 0 Å². The number of fused-ring (bicyclic) bond motifs is 1. The number of rotatable bonds is 5. The molecule has 0 atom stereocenters. The van der Waals surface area contributed by atoms with Crippen LogP contribution in [0.25, 0.3) is 10.6 Å². The minimum atomic E-state index is -0.0825. The number of amides is 1. The van der Waals surface area contributed by atoms with Gasteiger partial charge in [0.15, 0.2) is 11.5 Å². The Morgan fingerprint density at radius 1 is 1.19 bits per heavy atom. The molecule has 1 N–H and O–H groups in total. The van der Waals surface area contributed by atoms with Gasteiger partial charge in [-0.3, -0.25) is 4.79 Å². The van der Waals surface area contributed by atoms with E-state index < -0.39 is 0 Å². The van der Waals surface area contributed by atoms with Gasteiger partial charge in [-0.15, -0.1) is 11.3 Å². The van der Waals surface area contributed by atoms with Gasteiger partial charge in [-0.25, -0.2) is 4.98 Å². The molecule has 1 aliphatic heterocycles. The molecule has 6 heteroatoms. The molecular weight excluding hydrogens is 348 g/mol. The molecule has 0 aliphatic carbocycles. The fraction of sp³-hybridized carbons (Fsp3) is 0.200. The lowest BCUT2D eigenvalue weighted by Gasteiger charge is -2.07. The standard InChI is InChI=1S/C20H18N2O3S/c1-13-11-26-20(22-13)16-4-2-3-15(10-16)19(23)21-8-7-14-5-6-17-18(9-14)25-12-24-17/h2-6,9-11H,7-8,12H2,1H3,(H,21,23). The van der Waals surface area contributed by atoms with Crippen LogP contribution in [0.5, 0.6) is 11.5 Å². The van der Waals surface area contributed by atoms with E-state index in [1.54, 1.807) is 11.3 Å². The van der Waals surface area contributed by atoms with Gasteiger partial charge in [0.05, 0.1) is 0 Å². The van der Waals surface area contributed by atoms with Crippen molar-refractivity contribution in [1.82, 2.24) is 10.3 Å². The van der Waals surface area contributed by atoms with Crippen molar-refractivity contribution in [3.8, 4) is 22.1 Å². The molecule has 0 spiro atoms. The maximum atomic E-state index is 12.4. The highest BCUT2D eigenvalue weighted by molar-refractivity contribution is 7.13. The first-order valence-corrected chi connectivity index (χ1v) is 9.26. The topological polar surface area (TPSA) is 60.5 Å². The van der Waals surface area contributed by atoms with Gasteiger partial charge in [0.25, 0.3) is 5.91 Å². The van der Waals surface area contributed by atoms with E-state index in [2.05, 4.69) is 10.3 Å². The van der Waals surface area contributed by atoms with Crippen LogP contribution in [-0.2, 0) is 6.42 Å². The molecule has 2 aromatic carbocycles. The molecule has 1 aliphatic rings. The minimum Gasteiger partial charge on any atom is -0.454 e.